The van der Waals surface area contributed by atoms with Crippen molar-refractivity contribution in [3.05, 3.63) is 71.8 Å². The summed E-state index contributed by atoms with van der Waals surface area (Å²) in [5, 5.41) is 15.0. The lowest BCUT2D eigenvalue weighted by atomic mass is 9.84. The molecule has 0 saturated carbocycles. The van der Waals surface area contributed by atoms with Crippen molar-refractivity contribution in [2.45, 2.75) is 12.5 Å². The third-order valence-corrected chi connectivity index (χ3v) is 3.90. The summed E-state index contributed by atoms with van der Waals surface area (Å²) < 4.78 is 0. The second-order valence-corrected chi connectivity index (χ2v) is 5.20. The first-order valence-electron chi connectivity index (χ1n) is 7.07. The number of hydrogen-bond donors (Lipinski definition) is 2. The summed E-state index contributed by atoms with van der Waals surface area (Å²) in [4.78, 5) is 25.1. The first-order chi connectivity index (χ1) is 11.1. The number of carbonyl (C=O) groups excluding carboxylic acids is 2. The maximum absolute atomic E-state index is 12.6. The number of nitrogens with zero attached hydrogens (tertiary/aromatic N) is 2. The van der Waals surface area contributed by atoms with Crippen molar-refractivity contribution in [3.63, 3.8) is 0 Å². The van der Waals surface area contributed by atoms with Gasteiger partial charge in [-0.1, -0.05) is 48.5 Å². The van der Waals surface area contributed by atoms with E-state index in [0.717, 1.165) is 0 Å². The highest BCUT2D eigenvalue weighted by Gasteiger charge is 2.54. The van der Waals surface area contributed by atoms with Gasteiger partial charge in [0.2, 0.25) is 5.54 Å². The van der Waals surface area contributed by atoms with Crippen LogP contribution in [0.2, 0.25) is 0 Å². The Morgan fingerprint density at radius 2 is 1.65 bits per heavy atom. The SMILES string of the molecule is CC1=NNC(=O)C1(c1ccccc1)N(O)C(=O)c1ccccc1. The van der Waals surface area contributed by atoms with Crippen LogP contribution in [0.3, 0.4) is 0 Å². The molecule has 1 aliphatic rings. The molecule has 0 aliphatic carbocycles. The number of rotatable bonds is 3. The fourth-order valence-corrected chi connectivity index (χ4v) is 2.71. The largest absolute Gasteiger partial charge is 0.284 e. The minimum absolute atomic E-state index is 0.276. The minimum atomic E-state index is -1.67. The maximum Gasteiger partial charge on any atom is 0.279 e. The summed E-state index contributed by atoms with van der Waals surface area (Å²) in [6.07, 6.45) is 0. The normalized spacial score (nSPS) is 19.9. The molecule has 1 unspecified atom stereocenters. The van der Waals surface area contributed by atoms with Gasteiger partial charge in [0.15, 0.2) is 0 Å². The van der Waals surface area contributed by atoms with Gasteiger partial charge in [-0.15, -0.1) is 0 Å². The molecule has 0 fully saturated rings. The van der Waals surface area contributed by atoms with Crippen LogP contribution in [0.25, 0.3) is 0 Å². The number of nitrogens with one attached hydrogen (secondary N) is 1. The predicted molar refractivity (Wildman–Crippen MR) is 83.8 cm³/mol. The molecule has 1 aliphatic heterocycles. The second kappa shape index (κ2) is 5.66. The van der Waals surface area contributed by atoms with E-state index in [1.165, 1.54) is 0 Å². The Morgan fingerprint density at radius 1 is 1.09 bits per heavy atom. The molecule has 0 bridgehead atoms. The number of hydroxylamine groups is 2. The van der Waals surface area contributed by atoms with Crippen LogP contribution in [-0.4, -0.2) is 27.8 Å². The van der Waals surface area contributed by atoms with E-state index in [9.17, 15) is 14.8 Å². The van der Waals surface area contributed by atoms with Crippen molar-refractivity contribution in [2.75, 3.05) is 0 Å². The van der Waals surface area contributed by atoms with Gasteiger partial charge in [-0.3, -0.25) is 14.8 Å². The molecular formula is C17H15N3O3. The van der Waals surface area contributed by atoms with Gasteiger partial charge in [-0.05, 0) is 24.6 Å². The van der Waals surface area contributed by atoms with Crippen molar-refractivity contribution in [1.29, 1.82) is 0 Å². The van der Waals surface area contributed by atoms with Gasteiger partial charge in [0.1, 0.15) is 0 Å². The first kappa shape index (κ1) is 14.9. The first-order valence-corrected chi connectivity index (χ1v) is 7.07. The van der Waals surface area contributed by atoms with Gasteiger partial charge < -0.3 is 0 Å². The Labute approximate surface area is 133 Å². The van der Waals surface area contributed by atoms with Crippen LogP contribution >= 0.6 is 0 Å². The topological polar surface area (TPSA) is 82.0 Å². The molecule has 2 amide bonds. The lowest BCUT2D eigenvalue weighted by Gasteiger charge is -2.34. The van der Waals surface area contributed by atoms with Crippen molar-refractivity contribution < 1.29 is 14.8 Å². The van der Waals surface area contributed by atoms with Crippen molar-refractivity contribution in [2.24, 2.45) is 5.10 Å². The molecule has 1 heterocycles. The molecule has 0 radical (unpaired) electrons. The van der Waals surface area contributed by atoms with Gasteiger partial charge in [-0.2, -0.15) is 10.2 Å². The third-order valence-electron chi connectivity index (χ3n) is 3.90. The molecule has 6 heteroatoms. The van der Waals surface area contributed by atoms with Crippen LogP contribution < -0.4 is 5.43 Å². The molecule has 3 rings (SSSR count). The van der Waals surface area contributed by atoms with Gasteiger partial charge in [-0.25, -0.2) is 5.43 Å². The molecule has 2 N–H and O–H groups in total. The van der Waals surface area contributed by atoms with Crippen molar-refractivity contribution in [1.82, 2.24) is 10.5 Å². The van der Waals surface area contributed by atoms with E-state index in [1.54, 1.807) is 67.6 Å². The number of carbonyl (C=O) groups is 2. The lowest BCUT2D eigenvalue weighted by molar-refractivity contribution is -0.150. The number of hydrogen-bond acceptors (Lipinski definition) is 4. The van der Waals surface area contributed by atoms with Crippen LogP contribution in [0, 0.1) is 0 Å². The Bertz CT molecular complexity index is 774. The Balaban J connectivity index is 2.12. The van der Waals surface area contributed by atoms with E-state index in [-0.39, 0.29) is 5.56 Å². The fraction of sp³-hybridized carbons (Fsp3) is 0.118. The molecule has 0 aromatic heterocycles. The number of amides is 2. The summed E-state index contributed by atoms with van der Waals surface area (Å²) in [5.41, 5.74) is 1.70. The summed E-state index contributed by atoms with van der Waals surface area (Å²) in [6, 6.07) is 16.9. The molecular weight excluding hydrogens is 294 g/mol. The average molecular weight is 309 g/mol. The molecule has 23 heavy (non-hydrogen) atoms. The van der Waals surface area contributed by atoms with E-state index >= 15 is 0 Å². The van der Waals surface area contributed by atoms with E-state index in [2.05, 4.69) is 10.5 Å². The van der Waals surface area contributed by atoms with E-state index in [0.29, 0.717) is 16.3 Å². The standard InChI is InChI=1S/C17H15N3O3/c1-12-17(16(22)19-18-12,14-10-6-3-7-11-14)20(23)15(21)13-8-4-2-5-9-13/h2-11,23H,1H3,(H,19,22). The third kappa shape index (κ3) is 2.20. The van der Waals surface area contributed by atoms with Crippen LogP contribution in [0.1, 0.15) is 22.8 Å². The molecule has 6 nitrogen and oxygen atoms in total. The zero-order valence-corrected chi connectivity index (χ0v) is 12.4. The molecule has 0 saturated heterocycles. The zero-order chi connectivity index (χ0) is 16.4. The molecule has 2 aromatic carbocycles. The highest BCUT2D eigenvalue weighted by molar-refractivity contribution is 6.18. The molecule has 0 spiro atoms. The van der Waals surface area contributed by atoms with Crippen molar-refractivity contribution in [3.8, 4) is 0 Å². The Kier molecular flexibility index (Phi) is 3.67. The summed E-state index contributed by atoms with van der Waals surface area (Å²) >= 11 is 0. The van der Waals surface area contributed by atoms with Crippen molar-refractivity contribution >= 4 is 17.5 Å². The van der Waals surface area contributed by atoms with Gasteiger partial charge in [0, 0.05) is 5.56 Å². The van der Waals surface area contributed by atoms with Crippen LogP contribution in [-0.2, 0) is 10.3 Å². The summed E-state index contributed by atoms with van der Waals surface area (Å²) in [7, 11) is 0. The summed E-state index contributed by atoms with van der Waals surface area (Å²) in [6.45, 7) is 1.59. The number of benzene rings is 2. The van der Waals surface area contributed by atoms with Gasteiger partial charge >= 0.3 is 0 Å². The van der Waals surface area contributed by atoms with E-state index in [4.69, 9.17) is 0 Å². The molecule has 2 aromatic rings. The van der Waals surface area contributed by atoms with Crippen LogP contribution in [0.4, 0.5) is 0 Å². The van der Waals surface area contributed by atoms with Crippen LogP contribution in [0.5, 0.6) is 0 Å². The van der Waals surface area contributed by atoms with Crippen LogP contribution in [0.15, 0.2) is 65.8 Å². The zero-order valence-electron chi connectivity index (χ0n) is 12.4. The predicted octanol–water partition coefficient (Wildman–Crippen LogP) is 1.92. The quantitative estimate of drug-likeness (QED) is 0.671. The number of hydrazone groups is 1. The Hall–Kier alpha value is -2.99. The van der Waals surface area contributed by atoms with Gasteiger partial charge in [0.05, 0.1) is 5.71 Å². The minimum Gasteiger partial charge on any atom is -0.284 e. The lowest BCUT2D eigenvalue weighted by Crippen LogP contribution is -2.56. The highest BCUT2D eigenvalue weighted by Crippen LogP contribution is 2.33. The second-order valence-electron chi connectivity index (χ2n) is 5.20. The van der Waals surface area contributed by atoms with E-state index < -0.39 is 17.4 Å². The fourth-order valence-electron chi connectivity index (χ4n) is 2.71. The maximum atomic E-state index is 12.6. The molecule has 1 atom stereocenters. The van der Waals surface area contributed by atoms with E-state index in [1.807, 2.05) is 0 Å². The Morgan fingerprint density at radius 3 is 2.17 bits per heavy atom. The molecule has 116 valence electrons. The average Bonchev–Trinajstić information content (AvgIpc) is 2.91. The summed E-state index contributed by atoms with van der Waals surface area (Å²) in [5.74, 6) is -1.26. The monoisotopic (exact) mass is 309 g/mol. The van der Waals surface area contributed by atoms with Gasteiger partial charge in [0.25, 0.3) is 11.8 Å². The highest BCUT2D eigenvalue weighted by atomic mass is 16.5. The smallest absolute Gasteiger partial charge is 0.279 e.